The Hall–Kier alpha value is -1.62. The molecule has 1 aliphatic rings. The topological polar surface area (TPSA) is 68.0 Å². The molecule has 0 unspecified atom stereocenters. The van der Waals surface area contributed by atoms with Gasteiger partial charge in [0.25, 0.3) is 0 Å². The number of aromatic carboxylic acids is 1. The number of hydrogen-bond donors (Lipinski definition) is 1. The molecule has 2 aromatic heterocycles. The first-order valence-electron chi connectivity index (χ1n) is 5.83. The van der Waals surface area contributed by atoms with Gasteiger partial charge in [0.05, 0.1) is 11.1 Å². The van der Waals surface area contributed by atoms with Crippen LogP contribution in [0.15, 0.2) is 6.33 Å². The monoisotopic (exact) mass is 265 g/mol. The van der Waals surface area contributed by atoms with Crippen LogP contribution in [0, 0.1) is 0 Å². The highest BCUT2D eigenvalue weighted by Gasteiger charge is 2.29. The van der Waals surface area contributed by atoms with Gasteiger partial charge in [0.15, 0.2) is 0 Å². The number of fused-ring (bicyclic) bond motifs is 1. The normalized spacial score (nSPS) is 15.9. The molecule has 0 saturated heterocycles. The minimum atomic E-state index is -1.03. The summed E-state index contributed by atoms with van der Waals surface area (Å²) in [6.07, 6.45) is 4.76. The highest BCUT2D eigenvalue weighted by atomic mass is 35.5. The molecule has 0 amide bonds. The zero-order chi connectivity index (χ0) is 12.9. The summed E-state index contributed by atoms with van der Waals surface area (Å²) in [5.41, 5.74) is 1.54. The van der Waals surface area contributed by atoms with E-state index < -0.39 is 5.97 Å². The number of hydrogen-bond acceptors (Lipinski definition) is 3. The summed E-state index contributed by atoms with van der Waals surface area (Å²) in [4.78, 5) is 19.8. The van der Waals surface area contributed by atoms with Gasteiger partial charge >= 0.3 is 5.97 Å². The standard InChI is InChI=1S/C12H12ClN3O2/c1-16-10(13)8(12(17)18)7-9(6-3-2-4-6)14-5-15-11(7)16/h5-6H,2-4H2,1H3,(H,17,18). The first-order valence-corrected chi connectivity index (χ1v) is 6.21. The minimum Gasteiger partial charge on any atom is -0.478 e. The maximum Gasteiger partial charge on any atom is 0.339 e. The summed E-state index contributed by atoms with van der Waals surface area (Å²) in [6, 6.07) is 0. The molecule has 0 spiro atoms. The van der Waals surface area contributed by atoms with Crippen molar-refractivity contribution < 1.29 is 9.90 Å². The van der Waals surface area contributed by atoms with E-state index in [1.54, 1.807) is 11.6 Å². The van der Waals surface area contributed by atoms with E-state index in [0.29, 0.717) is 17.0 Å². The van der Waals surface area contributed by atoms with Crippen LogP contribution in [-0.2, 0) is 7.05 Å². The summed E-state index contributed by atoms with van der Waals surface area (Å²) in [7, 11) is 1.72. The van der Waals surface area contributed by atoms with Crippen molar-refractivity contribution in [3.63, 3.8) is 0 Å². The van der Waals surface area contributed by atoms with E-state index in [2.05, 4.69) is 9.97 Å². The molecule has 1 aliphatic carbocycles. The molecular formula is C12H12ClN3O2. The highest BCUT2D eigenvalue weighted by molar-refractivity contribution is 6.35. The number of aromatic nitrogens is 3. The molecule has 1 N–H and O–H groups in total. The van der Waals surface area contributed by atoms with Crippen LogP contribution < -0.4 is 0 Å². The zero-order valence-corrected chi connectivity index (χ0v) is 10.6. The third kappa shape index (κ3) is 1.43. The zero-order valence-electron chi connectivity index (χ0n) is 9.85. The second-order valence-corrected chi connectivity index (χ2v) is 4.97. The summed E-state index contributed by atoms with van der Waals surface area (Å²) >= 11 is 6.08. The second-order valence-electron chi connectivity index (χ2n) is 4.62. The van der Waals surface area contributed by atoms with Crippen LogP contribution >= 0.6 is 11.6 Å². The van der Waals surface area contributed by atoms with E-state index in [1.165, 1.54) is 12.7 Å². The number of aryl methyl sites for hydroxylation is 1. The third-order valence-electron chi connectivity index (χ3n) is 3.63. The van der Waals surface area contributed by atoms with Gasteiger partial charge in [-0.15, -0.1) is 0 Å². The largest absolute Gasteiger partial charge is 0.478 e. The van der Waals surface area contributed by atoms with Crippen LogP contribution in [0.1, 0.15) is 41.2 Å². The van der Waals surface area contributed by atoms with Crippen LogP contribution in [0.2, 0.25) is 5.15 Å². The van der Waals surface area contributed by atoms with Gasteiger partial charge in [-0.05, 0) is 12.8 Å². The van der Waals surface area contributed by atoms with Crippen LogP contribution in [0.3, 0.4) is 0 Å². The van der Waals surface area contributed by atoms with Crippen molar-refractivity contribution in [1.82, 2.24) is 14.5 Å². The maximum atomic E-state index is 11.4. The quantitative estimate of drug-likeness (QED) is 0.906. The lowest BCUT2D eigenvalue weighted by molar-refractivity contribution is 0.0699. The molecule has 3 rings (SSSR count). The molecule has 2 aromatic rings. The maximum absolute atomic E-state index is 11.4. The van der Waals surface area contributed by atoms with Gasteiger partial charge < -0.3 is 9.67 Å². The van der Waals surface area contributed by atoms with Crippen molar-refractivity contribution in [3.05, 3.63) is 22.7 Å². The van der Waals surface area contributed by atoms with Crippen LogP contribution in [-0.4, -0.2) is 25.6 Å². The lowest BCUT2D eigenvalue weighted by Gasteiger charge is -2.25. The lowest BCUT2D eigenvalue weighted by Crippen LogP contribution is -2.12. The van der Waals surface area contributed by atoms with Gasteiger partial charge in [-0.3, -0.25) is 0 Å². The number of rotatable bonds is 2. The Kier molecular flexibility index (Phi) is 2.52. The number of carboxylic acid groups (broad SMARTS) is 1. The Morgan fingerprint density at radius 1 is 1.50 bits per heavy atom. The van der Waals surface area contributed by atoms with Crippen molar-refractivity contribution in [2.75, 3.05) is 0 Å². The number of halogens is 1. The summed E-state index contributed by atoms with van der Waals surface area (Å²) in [6.45, 7) is 0. The van der Waals surface area contributed by atoms with E-state index >= 15 is 0 Å². The van der Waals surface area contributed by atoms with Crippen molar-refractivity contribution >= 4 is 28.6 Å². The van der Waals surface area contributed by atoms with Crippen molar-refractivity contribution in [1.29, 1.82) is 0 Å². The molecule has 18 heavy (non-hydrogen) atoms. The van der Waals surface area contributed by atoms with Crippen molar-refractivity contribution in [2.24, 2.45) is 7.05 Å². The fourth-order valence-corrected chi connectivity index (χ4v) is 2.69. The number of nitrogens with zero attached hydrogens (tertiary/aromatic N) is 3. The van der Waals surface area contributed by atoms with E-state index in [9.17, 15) is 9.90 Å². The van der Waals surface area contributed by atoms with Gasteiger partial charge in [-0.25, -0.2) is 14.8 Å². The Morgan fingerprint density at radius 3 is 2.78 bits per heavy atom. The molecule has 0 aliphatic heterocycles. The molecule has 0 atom stereocenters. The third-order valence-corrected chi connectivity index (χ3v) is 4.07. The Bertz CT molecular complexity index is 646. The number of carbonyl (C=O) groups is 1. The summed E-state index contributed by atoms with van der Waals surface area (Å²) < 4.78 is 1.60. The Labute approximate surface area is 108 Å². The predicted octanol–water partition coefficient (Wildman–Crippen LogP) is 2.59. The van der Waals surface area contributed by atoms with Crippen LogP contribution in [0.5, 0.6) is 0 Å². The molecule has 6 heteroatoms. The second kappa shape index (κ2) is 3.95. The molecular weight excluding hydrogens is 254 g/mol. The smallest absolute Gasteiger partial charge is 0.339 e. The molecule has 5 nitrogen and oxygen atoms in total. The van der Waals surface area contributed by atoms with E-state index in [-0.39, 0.29) is 10.7 Å². The average molecular weight is 266 g/mol. The summed E-state index contributed by atoms with van der Waals surface area (Å²) in [5, 5.41) is 10.1. The average Bonchev–Trinajstić information content (AvgIpc) is 2.51. The highest BCUT2D eigenvalue weighted by Crippen LogP contribution is 2.40. The lowest BCUT2D eigenvalue weighted by atomic mass is 9.81. The Morgan fingerprint density at radius 2 is 2.22 bits per heavy atom. The molecule has 94 valence electrons. The van der Waals surface area contributed by atoms with E-state index in [1.807, 2.05) is 0 Å². The van der Waals surface area contributed by atoms with Gasteiger partial charge in [0.1, 0.15) is 22.7 Å². The van der Waals surface area contributed by atoms with Crippen LogP contribution in [0.4, 0.5) is 0 Å². The first kappa shape index (κ1) is 11.5. The summed E-state index contributed by atoms with van der Waals surface area (Å²) in [5.74, 6) is -0.687. The minimum absolute atomic E-state index is 0.122. The van der Waals surface area contributed by atoms with Crippen molar-refractivity contribution in [2.45, 2.75) is 25.2 Å². The molecule has 2 heterocycles. The van der Waals surface area contributed by atoms with E-state index in [0.717, 1.165) is 18.5 Å². The SMILES string of the molecule is Cn1c(Cl)c(C(=O)O)c2c(C3CCC3)ncnc21. The van der Waals surface area contributed by atoms with Gasteiger partial charge in [-0.1, -0.05) is 18.0 Å². The fraction of sp³-hybridized carbons (Fsp3) is 0.417. The van der Waals surface area contributed by atoms with Gasteiger partial charge in [0.2, 0.25) is 0 Å². The predicted molar refractivity (Wildman–Crippen MR) is 67.1 cm³/mol. The van der Waals surface area contributed by atoms with E-state index in [4.69, 9.17) is 11.6 Å². The van der Waals surface area contributed by atoms with Crippen LogP contribution in [0.25, 0.3) is 11.0 Å². The first-order chi connectivity index (χ1) is 8.61. The van der Waals surface area contributed by atoms with Crippen molar-refractivity contribution in [3.8, 4) is 0 Å². The Balaban J connectivity index is 2.37. The molecule has 1 fully saturated rings. The number of carboxylic acids is 1. The van der Waals surface area contributed by atoms with Gasteiger partial charge in [0, 0.05) is 13.0 Å². The molecule has 1 saturated carbocycles. The van der Waals surface area contributed by atoms with Gasteiger partial charge in [-0.2, -0.15) is 0 Å². The molecule has 0 radical (unpaired) electrons. The fourth-order valence-electron chi connectivity index (χ4n) is 2.43. The molecule has 0 aromatic carbocycles. The molecule has 0 bridgehead atoms.